The highest BCUT2D eigenvalue weighted by molar-refractivity contribution is 6.36. The number of hydrogen-bond donors (Lipinski definition) is 0. The molecule has 2 rings (SSSR count). The summed E-state index contributed by atoms with van der Waals surface area (Å²) >= 11 is 11.8. The van der Waals surface area contributed by atoms with Crippen molar-refractivity contribution in [3.63, 3.8) is 0 Å². The predicted molar refractivity (Wildman–Crippen MR) is 74.0 cm³/mol. The normalized spacial score (nSPS) is 11.2. The number of nitriles is 1. The van der Waals surface area contributed by atoms with E-state index in [-0.39, 0.29) is 22.7 Å². The van der Waals surface area contributed by atoms with Crippen molar-refractivity contribution in [2.45, 2.75) is 12.6 Å². The Morgan fingerprint density at radius 2 is 1.90 bits per heavy atom. The summed E-state index contributed by atoms with van der Waals surface area (Å²) in [6.07, 6.45) is -3.99. The zero-order valence-corrected chi connectivity index (χ0v) is 11.9. The van der Waals surface area contributed by atoms with Crippen molar-refractivity contribution in [3.8, 4) is 17.3 Å². The molecular formula is C14H7Cl2F3N2. The Bertz CT molecular complexity index is 721. The van der Waals surface area contributed by atoms with Gasteiger partial charge < -0.3 is 0 Å². The Hall–Kier alpha value is -1.77. The SMILES string of the molecule is N#CCc1cc(C(F)(F)F)cnc1-c1ccc(Cl)cc1Cl. The van der Waals surface area contributed by atoms with E-state index >= 15 is 0 Å². The molecule has 1 aromatic carbocycles. The van der Waals surface area contributed by atoms with Crippen LogP contribution in [0, 0.1) is 11.3 Å². The standard InChI is InChI=1S/C14H7Cl2F3N2/c15-10-1-2-11(12(16)6-10)13-8(3-4-20)5-9(7-21-13)14(17,18)19/h1-2,5-7H,3H2. The summed E-state index contributed by atoms with van der Waals surface area (Å²) in [4.78, 5) is 3.83. The lowest BCUT2D eigenvalue weighted by molar-refractivity contribution is -0.137. The first-order valence-corrected chi connectivity index (χ1v) is 6.47. The summed E-state index contributed by atoms with van der Waals surface area (Å²) in [5, 5.41) is 9.44. The largest absolute Gasteiger partial charge is 0.417 e. The number of aromatic nitrogens is 1. The Morgan fingerprint density at radius 3 is 2.48 bits per heavy atom. The predicted octanol–water partition coefficient (Wildman–Crippen LogP) is 5.14. The van der Waals surface area contributed by atoms with E-state index in [2.05, 4.69) is 4.98 Å². The molecule has 2 nitrogen and oxygen atoms in total. The van der Waals surface area contributed by atoms with Crippen molar-refractivity contribution in [2.75, 3.05) is 0 Å². The molecule has 0 bridgehead atoms. The van der Waals surface area contributed by atoms with Crippen LogP contribution in [0.5, 0.6) is 0 Å². The molecule has 0 radical (unpaired) electrons. The molecule has 0 aliphatic carbocycles. The van der Waals surface area contributed by atoms with Crippen LogP contribution in [0.1, 0.15) is 11.1 Å². The van der Waals surface area contributed by atoms with Gasteiger partial charge in [-0.1, -0.05) is 23.2 Å². The first-order chi connectivity index (χ1) is 9.82. The van der Waals surface area contributed by atoms with E-state index in [1.165, 1.54) is 6.07 Å². The number of rotatable bonds is 2. The fraction of sp³-hybridized carbons (Fsp3) is 0.143. The van der Waals surface area contributed by atoms with Crippen LogP contribution in [0.25, 0.3) is 11.3 Å². The van der Waals surface area contributed by atoms with Gasteiger partial charge in [-0.2, -0.15) is 18.4 Å². The molecule has 0 saturated heterocycles. The third-order valence-corrected chi connectivity index (χ3v) is 3.30. The van der Waals surface area contributed by atoms with E-state index in [1.54, 1.807) is 12.1 Å². The van der Waals surface area contributed by atoms with Crippen LogP contribution in [0.2, 0.25) is 10.0 Å². The minimum Gasteiger partial charge on any atom is -0.255 e. The third kappa shape index (κ3) is 3.46. The van der Waals surface area contributed by atoms with Crippen molar-refractivity contribution in [2.24, 2.45) is 0 Å². The van der Waals surface area contributed by atoms with E-state index in [9.17, 15) is 13.2 Å². The van der Waals surface area contributed by atoms with Crippen LogP contribution in [-0.2, 0) is 12.6 Å². The van der Waals surface area contributed by atoms with Gasteiger partial charge >= 0.3 is 6.18 Å². The number of benzene rings is 1. The van der Waals surface area contributed by atoms with Gasteiger partial charge in [-0.15, -0.1) is 0 Å². The van der Waals surface area contributed by atoms with Gasteiger partial charge in [0.25, 0.3) is 0 Å². The van der Waals surface area contributed by atoms with Gasteiger partial charge in [0.05, 0.1) is 28.8 Å². The quantitative estimate of drug-likeness (QED) is 0.764. The summed E-state index contributed by atoms with van der Waals surface area (Å²) in [6.45, 7) is 0. The Morgan fingerprint density at radius 1 is 1.19 bits per heavy atom. The molecule has 108 valence electrons. The molecule has 0 spiro atoms. The number of pyridine rings is 1. The van der Waals surface area contributed by atoms with Crippen LogP contribution in [0.3, 0.4) is 0 Å². The van der Waals surface area contributed by atoms with Crippen LogP contribution in [-0.4, -0.2) is 4.98 Å². The summed E-state index contributed by atoms with van der Waals surface area (Å²) in [5.74, 6) is 0. The van der Waals surface area contributed by atoms with Gasteiger partial charge in [0, 0.05) is 16.8 Å². The van der Waals surface area contributed by atoms with Gasteiger partial charge in [-0.3, -0.25) is 4.98 Å². The van der Waals surface area contributed by atoms with Crippen molar-refractivity contribution in [3.05, 3.63) is 51.6 Å². The Kier molecular flexibility index (Phi) is 4.40. The minimum absolute atomic E-state index is 0.163. The number of halogens is 5. The second kappa shape index (κ2) is 5.92. The van der Waals surface area contributed by atoms with E-state index in [1.807, 2.05) is 6.07 Å². The van der Waals surface area contributed by atoms with Gasteiger partial charge in [0.2, 0.25) is 0 Å². The Balaban J connectivity index is 2.61. The van der Waals surface area contributed by atoms with Crippen LogP contribution in [0.4, 0.5) is 13.2 Å². The first-order valence-electron chi connectivity index (χ1n) is 5.71. The molecular weight excluding hydrogens is 324 g/mol. The lowest BCUT2D eigenvalue weighted by atomic mass is 10.0. The molecule has 1 heterocycles. The average molecular weight is 331 g/mol. The molecule has 1 aromatic heterocycles. The van der Waals surface area contributed by atoms with Crippen molar-refractivity contribution < 1.29 is 13.2 Å². The summed E-state index contributed by atoms with van der Waals surface area (Å²) in [7, 11) is 0. The lowest BCUT2D eigenvalue weighted by Crippen LogP contribution is -2.07. The molecule has 7 heteroatoms. The molecule has 2 aromatic rings. The average Bonchev–Trinajstić information content (AvgIpc) is 2.38. The van der Waals surface area contributed by atoms with Crippen LogP contribution >= 0.6 is 23.2 Å². The van der Waals surface area contributed by atoms with Crippen molar-refractivity contribution in [1.82, 2.24) is 4.98 Å². The summed E-state index contributed by atoms with van der Waals surface area (Å²) in [6, 6.07) is 7.32. The van der Waals surface area contributed by atoms with Crippen molar-refractivity contribution >= 4 is 23.2 Å². The fourth-order valence-corrected chi connectivity index (χ4v) is 2.31. The fourth-order valence-electron chi connectivity index (χ4n) is 1.81. The second-order valence-electron chi connectivity index (χ2n) is 4.19. The first kappa shape index (κ1) is 15.6. The molecule has 0 atom stereocenters. The second-order valence-corrected chi connectivity index (χ2v) is 5.03. The van der Waals surface area contributed by atoms with E-state index in [0.717, 1.165) is 12.3 Å². The maximum absolute atomic E-state index is 12.7. The van der Waals surface area contributed by atoms with Crippen LogP contribution in [0.15, 0.2) is 30.5 Å². The van der Waals surface area contributed by atoms with Gasteiger partial charge in [-0.05, 0) is 29.8 Å². The molecule has 0 fully saturated rings. The molecule has 0 N–H and O–H groups in total. The van der Waals surface area contributed by atoms with E-state index in [4.69, 9.17) is 28.5 Å². The zero-order chi connectivity index (χ0) is 15.6. The number of hydrogen-bond acceptors (Lipinski definition) is 2. The van der Waals surface area contributed by atoms with Gasteiger partial charge in [0.15, 0.2) is 0 Å². The number of alkyl halides is 3. The summed E-state index contributed by atoms with van der Waals surface area (Å²) < 4.78 is 38.1. The van der Waals surface area contributed by atoms with Gasteiger partial charge in [-0.25, -0.2) is 0 Å². The van der Waals surface area contributed by atoms with E-state index < -0.39 is 11.7 Å². The molecule has 0 saturated carbocycles. The zero-order valence-electron chi connectivity index (χ0n) is 10.4. The molecule has 0 unspecified atom stereocenters. The maximum Gasteiger partial charge on any atom is 0.417 e. The molecule has 0 amide bonds. The highest BCUT2D eigenvalue weighted by Crippen LogP contribution is 2.35. The monoisotopic (exact) mass is 330 g/mol. The third-order valence-electron chi connectivity index (χ3n) is 2.75. The minimum atomic E-state index is -4.51. The molecule has 21 heavy (non-hydrogen) atoms. The number of nitrogens with zero attached hydrogens (tertiary/aromatic N) is 2. The highest BCUT2D eigenvalue weighted by atomic mass is 35.5. The van der Waals surface area contributed by atoms with Crippen molar-refractivity contribution in [1.29, 1.82) is 5.26 Å². The summed E-state index contributed by atoms with van der Waals surface area (Å²) in [5.41, 5.74) is -0.0654. The maximum atomic E-state index is 12.7. The van der Waals surface area contributed by atoms with Crippen LogP contribution < -0.4 is 0 Å². The molecule has 0 aliphatic heterocycles. The Labute approximate surface area is 128 Å². The van der Waals surface area contributed by atoms with E-state index in [0.29, 0.717) is 10.6 Å². The molecule has 0 aliphatic rings. The highest BCUT2D eigenvalue weighted by Gasteiger charge is 2.31. The van der Waals surface area contributed by atoms with Gasteiger partial charge in [0.1, 0.15) is 0 Å². The smallest absolute Gasteiger partial charge is 0.255 e. The topological polar surface area (TPSA) is 36.7 Å². The lowest BCUT2D eigenvalue weighted by Gasteiger charge is -2.12.